The van der Waals surface area contributed by atoms with Gasteiger partial charge in [0.05, 0.1) is 22.2 Å². The zero-order valence-electron chi connectivity index (χ0n) is 18.4. The summed E-state index contributed by atoms with van der Waals surface area (Å²) in [6.45, 7) is 2.97. The predicted molar refractivity (Wildman–Crippen MR) is 117 cm³/mol. The number of alkyl halides is 3. The first-order valence-electron chi connectivity index (χ1n) is 11.1. The largest absolute Gasteiger partial charge is 0.478 e. The molecule has 1 heterocycles. The molecule has 33 heavy (non-hydrogen) atoms. The summed E-state index contributed by atoms with van der Waals surface area (Å²) in [7, 11) is 0. The summed E-state index contributed by atoms with van der Waals surface area (Å²) in [5.74, 6) is -1.10. The molecule has 1 aliphatic heterocycles. The van der Waals surface area contributed by atoms with Gasteiger partial charge in [0.25, 0.3) is 0 Å². The van der Waals surface area contributed by atoms with Gasteiger partial charge >= 0.3 is 12.1 Å². The maximum absolute atomic E-state index is 13.5. The Morgan fingerprint density at radius 1 is 1.00 bits per heavy atom. The van der Waals surface area contributed by atoms with Gasteiger partial charge in [-0.15, -0.1) is 0 Å². The van der Waals surface area contributed by atoms with Crippen LogP contribution < -0.4 is 5.32 Å². The molecular formula is C25H27F3N2O3. The number of amides is 1. The number of carbonyl (C=O) groups is 2. The number of carboxylic acids is 1. The van der Waals surface area contributed by atoms with Crippen molar-refractivity contribution in [3.8, 4) is 0 Å². The molecule has 1 aliphatic carbocycles. The molecule has 2 aliphatic rings. The van der Waals surface area contributed by atoms with E-state index >= 15 is 0 Å². The number of carboxylic acid groups (broad SMARTS) is 1. The lowest BCUT2D eigenvalue weighted by atomic mass is 9.86. The summed E-state index contributed by atoms with van der Waals surface area (Å²) in [5, 5.41) is 12.3. The van der Waals surface area contributed by atoms with Crippen LogP contribution in [0.1, 0.15) is 66.1 Å². The van der Waals surface area contributed by atoms with E-state index in [4.69, 9.17) is 5.11 Å². The fourth-order valence-corrected chi connectivity index (χ4v) is 4.60. The van der Waals surface area contributed by atoms with Gasteiger partial charge in [0.15, 0.2) is 0 Å². The van der Waals surface area contributed by atoms with Crippen LogP contribution in [-0.4, -0.2) is 34.0 Å². The fraction of sp³-hybridized carbons (Fsp3) is 0.440. The standard InChI is InChI=1S/C25H27F3N2O3/c1-23(22(33)29-24(13-14-24)19-10-6-18(7-11-19)21(31)32)12-2-3-15-30(23)16-17-4-8-20(9-5-17)25(26,27)28/h4-11H,2-3,12-16H2,1H3,(H,29,33)(H,31,32)/t23-/m1/s1. The highest BCUT2D eigenvalue weighted by molar-refractivity contribution is 5.88. The second-order valence-electron chi connectivity index (χ2n) is 9.27. The lowest BCUT2D eigenvalue weighted by Crippen LogP contribution is -2.60. The van der Waals surface area contributed by atoms with E-state index in [0.717, 1.165) is 48.9 Å². The molecule has 8 heteroatoms. The highest BCUT2D eigenvalue weighted by atomic mass is 19.4. The molecule has 0 unspecified atom stereocenters. The molecule has 1 saturated heterocycles. The molecule has 176 valence electrons. The topological polar surface area (TPSA) is 69.6 Å². The molecule has 0 radical (unpaired) electrons. The van der Waals surface area contributed by atoms with Crippen molar-refractivity contribution in [1.82, 2.24) is 10.2 Å². The van der Waals surface area contributed by atoms with Crippen molar-refractivity contribution in [3.05, 3.63) is 70.8 Å². The van der Waals surface area contributed by atoms with Crippen LogP contribution in [-0.2, 0) is 23.1 Å². The van der Waals surface area contributed by atoms with E-state index in [1.807, 2.05) is 6.92 Å². The van der Waals surface area contributed by atoms with Crippen LogP contribution in [0.4, 0.5) is 13.2 Å². The molecule has 2 aromatic rings. The number of likely N-dealkylation sites (tertiary alicyclic amines) is 1. The summed E-state index contributed by atoms with van der Waals surface area (Å²) < 4.78 is 38.6. The first-order valence-corrected chi connectivity index (χ1v) is 11.1. The number of aromatic carboxylic acids is 1. The monoisotopic (exact) mass is 460 g/mol. The van der Waals surface area contributed by atoms with Crippen molar-refractivity contribution in [2.45, 2.75) is 62.8 Å². The van der Waals surface area contributed by atoms with Gasteiger partial charge in [-0.2, -0.15) is 13.2 Å². The maximum Gasteiger partial charge on any atom is 0.416 e. The van der Waals surface area contributed by atoms with E-state index in [0.29, 0.717) is 19.5 Å². The molecule has 2 N–H and O–H groups in total. The first-order chi connectivity index (χ1) is 15.5. The van der Waals surface area contributed by atoms with Gasteiger partial charge in [0, 0.05) is 6.54 Å². The van der Waals surface area contributed by atoms with Crippen LogP contribution >= 0.6 is 0 Å². The van der Waals surface area contributed by atoms with Crippen LogP contribution in [0.3, 0.4) is 0 Å². The van der Waals surface area contributed by atoms with Crippen molar-refractivity contribution < 1.29 is 27.9 Å². The molecule has 4 rings (SSSR count). The highest BCUT2D eigenvalue weighted by Crippen LogP contribution is 2.46. The number of hydrogen-bond donors (Lipinski definition) is 2. The van der Waals surface area contributed by atoms with Gasteiger partial charge in [0.2, 0.25) is 5.91 Å². The van der Waals surface area contributed by atoms with Crippen LogP contribution in [0, 0.1) is 0 Å². The molecule has 0 aromatic heterocycles. The van der Waals surface area contributed by atoms with E-state index in [9.17, 15) is 22.8 Å². The number of rotatable bonds is 6. The Morgan fingerprint density at radius 3 is 2.18 bits per heavy atom. The summed E-state index contributed by atoms with van der Waals surface area (Å²) in [5.41, 5.74) is -0.145. The molecule has 0 spiro atoms. The van der Waals surface area contributed by atoms with Crippen molar-refractivity contribution in [2.24, 2.45) is 0 Å². The second-order valence-corrected chi connectivity index (χ2v) is 9.27. The van der Waals surface area contributed by atoms with Gasteiger partial charge < -0.3 is 10.4 Å². The first kappa shape index (κ1) is 23.3. The normalized spacial score (nSPS) is 22.5. The molecule has 0 bridgehead atoms. The van der Waals surface area contributed by atoms with E-state index in [1.165, 1.54) is 12.1 Å². The second kappa shape index (κ2) is 8.48. The van der Waals surface area contributed by atoms with Gasteiger partial charge in [-0.3, -0.25) is 9.69 Å². The number of halogens is 3. The average molecular weight is 460 g/mol. The molecule has 1 amide bonds. The number of piperidine rings is 1. The van der Waals surface area contributed by atoms with Crippen LogP contribution in [0.15, 0.2) is 48.5 Å². The fourth-order valence-electron chi connectivity index (χ4n) is 4.60. The van der Waals surface area contributed by atoms with Gasteiger partial charge in [0.1, 0.15) is 0 Å². The van der Waals surface area contributed by atoms with Gasteiger partial charge in [-0.05, 0) is 81.0 Å². The van der Waals surface area contributed by atoms with Crippen LogP contribution in [0.25, 0.3) is 0 Å². The third-order valence-corrected chi connectivity index (χ3v) is 6.97. The Balaban J connectivity index is 1.49. The van der Waals surface area contributed by atoms with Crippen LogP contribution in [0.5, 0.6) is 0 Å². The number of hydrogen-bond acceptors (Lipinski definition) is 3. The summed E-state index contributed by atoms with van der Waals surface area (Å²) >= 11 is 0. The molecule has 5 nitrogen and oxygen atoms in total. The Morgan fingerprint density at radius 2 is 1.64 bits per heavy atom. The van der Waals surface area contributed by atoms with Crippen molar-refractivity contribution in [1.29, 1.82) is 0 Å². The van der Waals surface area contributed by atoms with Crippen LogP contribution in [0.2, 0.25) is 0 Å². The third-order valence-electron chi connectivity index (χ3n) is 6.97. The highest BCUT2D eigenvalue weighted by Gasteiger charge is 2.50. The number of nitrogens with one attached hydrogen (secondary N) is 1. The SMILES string of the molecule is C[C@]1(C(=O)NC2(c3ccc(C(=O)O)cc3)CC2)CCCCN1Cc1ccc(C(F)(F)F)cc1. The lowest BCUT2D eigenvalue weighted by Gasteiger charge is -2.44. The van der Waals surface area contributed by atoms with E-state index in [-0.39, 0.29) is 11.5 Å². The molecular weight excluding hydrogens is 433 g/mol. The summed E-state index contributed by atoms with van der Waals surface area (Å²) in [4.78, 5) is 26.7. The minimum atomic E-state index is -4.38. The van der Waals surface area contributed by atoms with Gasteiger partial charge in [-0.25, -0.2) is 4.79 Å². The number of benzene rings is 2. The van der Waals surface area contributed by atoms with E-state index in [2.05, 4.69) is 10.2 Å². The quantitative estimate of drug-likeness (QED) is 0.640. The Labute approximate surface area is 190 Å². The smallest absolute Gasteiger partial charge is 0.416 e. The van der Waals surface area contributed by atoms with Crippen molar-refractivity contribution >= 4 is 11.9 Å². The van der Waals surface area contributed by atoms with Crippen molar-refractivity contribution in [2.75, 3.05) is 6.54 Å². The number of carbonyl (C=O) groups excluding carboxylic acids is 1. The minimum absolute atomic E-state index is 0.103. The minimum Gasteiger partial charge on any atom is -0.478 e. The zero-order chi connectivity index (χ0) is 23.9. The molecule has 1 saturated carbocycles. The predicted octanol–water partition coefficient (Wildman–Crippen LogP) is 4.95. The van der Waals surface area contributed by atoms with E-state index < -0.39 is 28.8 Å². The zero-order valence-corrected chi connectivity index (χ0v) is 18.4. The molecule has 1 atom stereocenters. The Kier molecular flexibility index (Phi) is 5.99. The molecule has 2 fully saturated rings. The maximum atomic E-state index is 13.5. The van der Waals surface area contributed by atoms with Gasteiger partial charge in [-0.1, -0.05) is 24.3 Å². The third kappa shape index (κ3) is 4.76. The molecule has 2 aromatic carbocycles. The Hall–Kier alpha value is -2.87. The lowest BCUT2D eigenvalue weighted by molar-refractivity contribution is -0.137. The summed E-state index contributed by atoms with van der Waals surface area (Å²) in [6.07, 6.45) is -0.341. The average Bonchev–Trinajstić information content (AvgIpc) is 3.56. The van der Waals surface area contributed by atoms with Crippen molar-refractivity contribution in [3.63, 3.8) is 0 Å². The number of nitrogens with zero attached hydrogens (tertiary/aromatic N) is 1. The summed E-state index contributed by atoms with van der Waals surface area (Å²) in [6, 6.07) is 11.7. The van der Waals surface area contributed by atoms with E-state index in [1.54, 1.807) is 24.3 Å². The Bertz CT molecular complexity index is 1030.